The second kappa shape index (κ2) is 8.15. The van der Waals surface area contributed by atoms with Crippen LogP contribution in [0.2, 0.25) is 0 Å². The van der Waals surface area contributed by atoms with Gasteiger partial charge < -0.3 is 9.80 Å². The van der Waals surface area contributed by atoms with Gasteiger partial charge >= 0.3 is 0 Å². The van der Waals surface area contributed by atoms with E-state index in [-0.39, 0.29) is 15.7 Å². The van der Waals surface area contributed by atoms with E-state index in [0.717, 1.165) is 18.7 Å². The Balaban J connectivity index is 2.19. The summed E-state index contributed by atoms with van der Waals surface area (Å²) in [4.78, 5) is 15.6. The number of primary sulfonamides is 1. The van der Waals surface area contributed by atoms with Gasteiger partial charge in [0, 0.05) is 38.9 Å². The fourth-order valence-electron chi connectivity index (χ4n) is 3.00. The van der Waals surface area contributed by atoms with E-state index in [4.69, 9.17) is 5.14 Å². The summed E-state index contributed by atoms with van der Waals surface area (Å²) in [6.45, 7) is 6.09. The van der Waals surface area contributed by atoms with Crippen molar-refractivity contribution in [2.75, 3.05) is 37.3 Å². The Labute approximate surface area is 161 Å². The number of hydrogen-bond acceptors (Lipinski definition) is 6. The number of hydrogen-bond donors (Lipinski definition) is 1. The van der Waals surface area contributed by atoms with Crippen LogP contribution >= 0.6 is 0 Å². The molecule has 0 radical (unpaired) electrons. The molecule has 2 N–H and O–H groups in total. The molecule has 0 spiro atoms. The molecule has 0 aliphatic carbocycles. The third-order valence-electron chi connectivity index (χ3n) is 4.57. The molecule has 10 heteroatoms. The number of carbonyl (C=O) groups is 1. The van der Waals surface area contributed by atoms with Crippen molar-refractivity contribution in [1.82, 2.24) is 4.90 Å². The van der Waals surface area contributed by atoms with E-state index >= 15 is 0 Å². The standard InChI is InChI=1S/C17H27N3O5S2/c1-13(2)4-7-17(21)20-10-8-19(9-11-20)15-6-5-14(27(18,24)25)12-16(15)26(3,22)23/h5-6,12-13H,4,7-11H2,1-3H3,(H2,18,24,25). The number of rotatable bonds is 6. The van der Waals surface area contributed by atoms with Crippen LogP contribution in [0.4, 0.5) is 5.69 Å². The highest BCUT2D eigenvalue weighted by molar-refractivity contribution is 7.91. The first-order valence-corrected chi connectivity index (χ1v) is 12.2. The van der Waals surface area contributed by atoms with Gasteiger partial charge in [0.05, 0.1) is 15.5 Å². The number of nitrogens with two attached hydrogens (primary N) is 1. The normalized spacial score (nSPS) is 16.0. The second-order valence-electron chi connectivity index (χ2n) is 7.25. The zero-order valence-corrected chi connectivity index (χ0v) is 17.5. The fraction of sp³-hybridized carbons (Fsp3) is 0.588. The SMILES string of the molecule is CC(C)CCC(=O)N1CCN(c2ccc(S(N)(=O)=O)cc2S(C)(=O)=O)CC1. The van der Waals surface area contributed by atoms with Gasteiger partial charge in [-0.3, -0.25) is 4.79 Å². The van der Waals surface area contributed by atoms with Gasteiger partial charge in [-0.15, -0.1) is 0 Å². The minimum atomic E-state index is -4.00. The Kier molecular flexibility index (Phi) is 6.54. The topological polar surface area (TPSA) is 118 Å². The summed E-state index contributed by atoms with van der Waals surface area (Å²) in [5.74, 6) is 0.571. The van der Waals surface area contributed by atoms with Crippen LogP contribution in [-0.2, 0) is 24.7 Å². The number of amides is 1. The molecule has 8 nitrogen and oxygen atoms in total. The average Bonchev–Trinajstić information content (AvgIpc) is 2.57. The van der Waals surface area contributed by atoms with Crippen LogP contribution in [0.5, 0.6) is 0 Å². The Morgan fingerprint density at radius 2 is 1.70 bits per heavy atom. The van der Waals surface area contributed by atoms with E-state index in [1.54, 1.807) is 4.90 Å². The van der Waals surface area contributed by atoms with E-state index in [1.807, 2.05) is 4.90 Å². The molecule has 27 heavy (non-hydrogen) atoms. The summed E-state index contributed by atoms with van der Waals surface area (Å²) in [5, 5.41) is 5.12. The molecule has 1 aromatic carbocycles. The summed E-state index contributed by atoms with van der Waals surface area (Å²) >= 11 is 0. The van der Waals surface area contributed by atoms with Gasteiger partial charge in [0.1, 0.15) is 0 Å². The van der Waals surface area contributed by atoms with Gasteiger partial charge in [-0.1, -0.05) is 13.8 Å². The molecule has 2 rings (SSSR count). The van der Waals surface area contributed by atoms with Crippen LogP contribution in [0.25, 0.3) is 0 Å². The molecule has 0 saturated carbocycles. The Hall–Kier alpha value is -1.65. The number of sulfonamides is 1. The minimum Gasteiger partial charge on any atom is -0.367 e. The molecule has 1 heterocycles. The number of sulfone groups is 1. The number of carbonyl (C=O) groups excluding carboxylic acids is 1. The predicted octanol–water partition coefficient (Wildman–Crippen LogP) is 0.822. The van der Waals surface area contributed by atoms with Crippen LogP contribution in [0.3, 0.4) is 0 Å². The zero-order valence-electron chi connectivity index (χ0n) is 15.9. The third kappa shape index (κ3) is 5.66. The molecule has 1 aromatic rings. The molecular weight excluding hydrogens is 390 g/mol. The van der Waals surface area contributed by atoms with Crippen molar-refractivity contribution in [2.45, 2.75) is 36.5 Å². The minimum absolute atomic E-state index is 0.0754. The predicted molar refractivity (Wildman–Crippen MR) is 104 cm³/mol. The fourth-order valence-corrected chi connectivity index (χ4v) is 4.53. The van der Waals surface area contributed by atoms with Crippen molar-refractivity contribution in [3.05, 3.63) is 18.2 Å². The summed E-state index contributed by atoms with van der Waals surface area (Å²) < 4.78 is 47.4. The molecule has 1 fully saturated rings. The van der Waals surface area contributed by atoms with Gasteiger partial charge in [-0.05, 0) is 30.5 Å². The number of benzene rings is 1. The van der Waals surface area contributed by atoms with Crippen LogP contribution in [0, 0.1) is 5.92 Å². The van der Waals surface area contributed by atoms with E-state index < -0.39 is 19.9 Å². The Morgan fingerprint density at radius 1 is 1.11 bits per heavy atom. The van der Waals surface area contributed by atoms with Crippen LogP contribution in [0.1, 0.15) is 26.7 Å². The van der Waals surface area contributed by atoms with Crippen molar-refractivity contribution in [3.63, 3.8) is 0 Å². The first-order valence-electron chi connectivity index (χ1n) is 8.79. The van der Waals surface area contributed by atoms with Crippen LogP contribution in [-0.4, -0.2) is 60.1 Å². The Morgan fingerprint density at radius 3 is 2.19 bits per heavy atom. The number of nitrogens with zero attached hydrogens (tertiary/aromatic N) is 2. The first-order chi connectivity index (χ1) is 12.4. The largest absolute Gasteiger partial charge is 0.367 e. The van der Waals surface area contributed by atoms with Gasteiger partial charge in [0.25, 0.3) is 0 Å². The van der Waals surface area contributed by atoms with Gasteiger partial charge in [0.2, 0.25) is 15.9 Å². The summed E-state index contributed by atoms with van der Waals surface area (Å²) in [6.07, 6.45) is 2.38. The number of anilines is 1. The third-order valence-corrected chi connectivity index (χ3v) is 6.60. The summed E-state index contributed by atoms with van der Waals surface area (Å²) in [7, 11) is -7.66. The lowest BCUT2D eigenvalue weighted by Crippen LogP contribution is -2.49. The Bertz CT molecular complexity index is 902. The molecule has 0 bridgehead atoms. The van der Waals surface area contributed by atoms with E-state index in [1.165, 1.54) is 12.1 Å². The smallest absolute Gasteiger partial charge is 0.238 e. The maximum Gasteiger partial charge on any atom is 0.238 e. The van der Waals surface area contributed by atoms with E-state index in [2.05, 4.69) is 13.8 Å². The number of piperazine rings is 1. The summed E-state index contributed by atoms with van der Waals surface area (Å²) in [6, 6.07) is 3.87. The zero-order chi connectivity index (χ0) is 20.4. The maximum atomic E-state index is 12.3. The molecule has 152 valence electrons. The van der Waals surface area contributed by atoms with E-state index in [9.17, 15) is 21.6 Å². The van der Waals surface area contributed by atoms with Gasteiger partial charge in [-0.2, -0.15) is 0 Å². The molecule has 0 unspecified atom stereocenters. The second-order valence-corrected chi connectivity index (χ2v) is 10.8. The van der Waals surface area contributed by atoms with Crippen molar-refractivity contribution in [1.29, 1.82) is 0 Å². The summed E-state index contributed by atoms with van der Waals surface area (Å²) in [5.41, 5.74) is 0.430. The van der Waals surface area contributed by atoms with E-state index in [0.29, 0.717) is 44.2 Å². The van der Waals surface area contributed by atoms with Crippen LogP contribution in [0.15, 0.2) is 28.0 Å². The molecule has 1 amide bonds. The quantitative estimate of drug-likeness (QED) is 0.732. The highest BCUT2D eigenvalue weighted by atomic mass is 32.2. The molecular formula is C17H27N3O5S2. The lowest BCUT2D eigenvalue weighted by atomic mass is 10.1. The molecule has 0 atom stereocenters. The average molecular weight is 418 g/mol. The van der Waals surface area contributed by atoms with Crippen molar-refractivity contribution < 1.29 is 21.6 Å². The monoisotopic (exact) mass is 417 g/mol. The molecule has 1 aliphatic heterocycles. The molecule has 0 aromatic heterocycles. The van der Waals surface area contributed by atoms with Gasteiger partial charge in [-0.25, -0.2) is 22.0 Å². The van der Waals surface area contributed by atoms with Crippen molar-refractivity contribution >= 4 is 31.5 Å². The maximum absolute atomic E-state index is 12.3. The van der Waals surface area contributed by atoms with Crippen molar-refractivity contribution in [2.24, 2.45) is 11.1 Å². The van der Waals surface area contributed by atoms with Crippen molar-refractivity contribution in [3.8, 4) is 0 Å². The van der Waals surface area contributed by atoms with Gasteiger partial charge in [0.15, 0.2) is 9.84 Å². The highest BCUT2D eigenvalue weighted by Crippen LogP contribution is 2.29. The lowest BCUT2D eigenvalue weighted by Gasteiger charge is -2.37. The lowest BCUT2D eigenvalue weighted by molar-refractivity contribution is -0.131. The highest BCUT2D eigenvalue weighted by Gasteiger charge is 2.26. The molecule has 1 aliphatic rings. The molecule has 1 saturated heterocycles. The first kappa shape index (κ1) is 21.6. The van der Waals surface area contributed by atoms with Crippen LogP contribution < -0.4 is 10.0 Å².